The highest BCUT2D eigenvalue weighted by atomic mass is 16.4. The van der Waals surface area contributed by atoms with Crippen LogP contribution in [0.2, 0.25) is 0 Å². The van der Waals surface area contributed by atoms with E-state index in [9.17, 15) is 29.2 Å². The Bertz CT molecular complexity index is 1340. The first-order valence-electron chi connectivity index (χ1n) is 17.4. The number of nitrogens with two attached hydrogens (primary N) is 3. The summed E-state index contributed by atoms with van der Waals surface area (Å²) in [5.74, 6) is -2.11. The van der Waals surface area contributed by atoms with E-state index in [-0.39, 0.29) is 56.4 Å². The summed E-state index contributed by atoms with van der Waals surface area (Å²) < 4.78 is 0. The van der Waals surface area contributed by atoms with Crippen LogP contribution < -0.4 is 27.8 Å². The van der Waals surface area contributed by atoms with Crippen molar-refractivity contribution in [3.63, 3.8) is 0 Å². The number of benzene rings is 2. The fraction of sp³-hybridized carbons (Fsp3) is 0.556. The molecule has 2 aromatic rings. The topological polar surface area (TPSA) is 214 Å². The summed E-state index contributed by atoms with van der Waals surface area (Å²) in [7, 11) is -1.70. The summed E-state index contributed by atoms with van der Waals surface area (Å²) in [5, 5.41) is 25.2. The van der Waals surface area contributed by atoms with Gasteiger partial charge in [-0.2, -0.15) is 0 Å². The molecule has 10 N–H and O–H groups in total. The minimum atomic E-state index is -1.70. The molecule has 268 valence electrons. The number of Topliss-reactive ketones (excluding diaryl/α,β-unsaturated/α-hetero) is 1. The van der Waals surface area contributed by atoms with Crippen molar-refractivity contribution in [3.8, 4) is 0 Å². The maximum atomic E-state index is 14.0. The van der Waals surface area contributed by atoms with Gasteiger partial charge in [-0.3, -0.25) is 19.2 Å². The van der Waals surface area contributed by atoms with Crippen LogP contribution in [0.25, 0.3) is 0 Å². The quantitative estimate of drug-likeness (QED) is 0.0828. The first-order valence-corrected chi connectivity index (χ1v) is 17.4. The molecular weight excluding hydrogens is 623 g/mol. The third-order valence-electron chi connectivity index (χ3n) is 9.28. The van der Waals surface area contributed by atoms with Gasteiger partial charge in [0.05, 0.1) is 17.5 Å². The predicted molar refractivity (Wildman–Crippen MR) is 191 cm³/mol. The van der Waals surface area contributed by atoms with E-state index in [0.29, 0.717) is 38.6 Å². The minimum absolute atomic E-state index is 0.0704. The molecule has 0 aliphatic carbocycles. The number of nitrogens with one attached hydrogen (secondary N) is 2. The van der Waals surface area contributed by atoms with Crippen molar-refractivity contribution in [3.05, 3.63) is 71.8 Å². The smallest absolute Gasteiger partial charge is 0.426 e. The number of piperidine rings is 1. The van der Waals surface area contributed by atoms with Gasteiger partial charge in [0.15, 0.2) is 5.78 Å². The molecule has 0 saturated carbocycles. The van der Waals surface area contributed by atoms with E-state index in [1.807, 2.05) is 74.5 Å². The predicted octanol–water partition coefficient (Wildman–Crippen LogP) is 0.851. The fourth-order valence-corrected chi connectivity index (χ4v) is 6.23. The van der Waals surface area contributed by atoms with E-state index in [2.05, 4.69) is 10.6 Å². The number of carbonyl (C=O) groups is 4. The van der Waals surface area contributed by atoms with Crippen LogP contribution in [0.15, 0.2) is 60.7 Å². The molecule has 13 heteroatoms. The molecule has 49 heavy (non-hydrogen) atoms. The fourth-order valence-electron chi connectivity index (χ4n) is 6.23. The number of rotatable bonds is 19. The van der Waals surface area contributed by atoms with Crippen LogP contribution in [0.5, 0.6) is 0 Å². The molecule has 0 spiro atoms. The van der Waals surface area contributed by atoms with E-state index in [0.717, 1.165) is 11.1 Å². The summed E-state index contributed by atoms with van der Waals surface area (Å²) >= 11 is 0. The highest BCUT2D eigenvalue weighted by molar-refractivity contribution is 6.45. The zero-order valence-corrected chi connectivity index (χ0v) is 28.9. The van der Waals surface area contributed by atoms with Crippen molar-refractivity contribution in [1.29, 1.82) is 0 Å². The molecule has 3 amide bonds. The molecule has 3 rings (SSSR count). The zero-order chi connectivity index (χ0) is 36.0. The van der Waals surface area contributed by atoms with Gasteiger partial charge in [0, 0.05) is 25.4 Å². The number of ketones is 1. The summed E-state index contributed by atoms with van der Waals surface area (Å²) in [6.07, 6.45) is 2.86. The van der Waals surface area contributed by atoms with Crippen molar-refractivity contribution in [2.45, 2.75) is 95.2 Å². The van der Waals surface area contributed by atoms with Crippen molar-refractivity contribution in [2.24, 2.45) is 29.0 Å². The molecule has 0 aromatic heterocycles. The Hall–Kier alpha value is -3.62. The molecule has 1 saturated heterocycles. The molecule has 2 aromatic carbocycles. The number of carbonyl (C=O) groups excluding carboxylic acids is 4. The minimum Gasteiger partial charge on any atom is -0.426 e. The van der Waals surface area contributed by atoms with E-state index in [4.69, 9.17) is 17.2 Å². The van der Waals surface area contributed by atoms with Gasteiger partial charge in [-0.25, -0.2) is 0 Å². The van der Waals surface area contributed by atoms with Crippen LogP contribution in [0, 0.1) is 11.8 Å². The van der Waals surface area contributed by atoms with Gasteiger partial charge >= 0.3 is 7.12 Å². The lowest BCUT2D eigenvalue weighted by molar-refractivity contribution is -0.139. The monoisotopic (exact) mass is 678 g/mol. The SMILES string of the molecule is CC(C)C[C@@H](CC(=O)[C@@H](Cc1ccccc1)NC(=O)[C@H](N)Cc1ccccc1)C(=O)N[C@H](CCCCN)C(=O)N1CCC(N)(B(O)O)CC1. The second-order valence-corrected chi connectivity index (χ2v) is 13.8. The van der Waals surface area contributed by atoms with Crippen LogP contribution in [0.3, 0.4) is 0 Å². The van der Waals surface area contributed by atoms with Crippen LogP contribution in [-0.4, -0.2) is 88.8 Å². The first-order chi connectivity index (χ1) is 23.3. The number of hydrogen-bond donors (Lipinski definition) is 7. The van der Waals surface area contributed by atoms with Gasteiger partial charge in [-0.15, -0.1) is 0 Å². The standard InChI is InChI=1S/C36H55BN6O6/c1-25(2)21-28(33(45)41-30(15-9-10-18-38)35(47)43-19-16-36(40,17-20-43)37(48)49)24-32(44)31(23-27-13-7-4-8-14-27)42-34(46)29(39)22-26-11-5-3-6-12-26/h3-8,11-14,25,28-31,48-49H,9-10,15-24,38-40H2,1-2H3,(H,41,45)(H,42,46)/t28-,29+,30+,31+/m0/s1. The normalized spacial score (nSPS) is 16.7. The Labute approximate surface area is 290 Å². The van der Waals surface area contributed by atoms with Gasteiger partial charge < -0.3 is 42.8 Å². The molecule has 4 atom stereocenters. The van der Waals surface area contributed by atoms with Crippen molar-refractivity contribution in [1.82, 2.24) is 15.5 Å². The number of nitrogens with zero attached hydrogens (tertiary/aromatic N) is 1. The molecule has 0 radical (unpaired) electrons. The molecule has 0 bridgehead atoms. The highest BCUT2D eigenvalue weighted by Gasteiger charge is 2.43. The molecule has 1 heterocycles. The number of likely N-dealkylation sites (tertiary alicyclic amines) is 1. The van der Waals surface area contributed by atoms with Crippen LogP contribution in [0.1, 0.15) is 69.9 Å². The maximum Gasteiger partial charge on any atom is 0.472 e. The zero-order valence-electron chi connectivity index (χ0n) is 28.9. The van der Waals surface area contributed by atoms with Crippen LogP contribution in [-0.2, 0) is 32.0 Å². The molecule has 0 unspecified atom stereocenters. The second kappa shape index (κ2) is 19.5. The Morgan fingerprint density at radius 1 is 0.857 bits per heavy atom. The highest BCUT2D eigenvalue weighted by Crippen LogP contribution is 2.23. The molecule has 1 aliphatic rings. The summed E-state index contributed by atoms with van der Waals surface area (Å²) in [4.78, 5) is 56.4. The lowest BCUT2D eigenvalue weighted by Gasteiger charge is -2.40. The van der Waals surface area contributed by atoms with E-state index in [1.54, 1.807) is 4.90 Å². The Morgan fingerprint density at radius 2 is 1.41 bits per heavy atom. The summed E-state index contributed by atoms with van der Waals surface area (Å²) in [6.45, 7) is 4.80. The van der Waals surface area contributed by atoms with Gasteiger partial charge in [-0.1, -0.05) is 74.5 Å². The van der Waals surface area contributed by atoms with Crippen molar-refractivity contribution < 1.29 is 29.2 Å². The van der Waals surface area contributed by atoms with E-state index < -0.39 is 48.4 Å². The van der Waals surface area contributed by atoms with Crippen molar-refractivity contribution in [2.75, 3.05) is 19.6 Å². The largest absolute Gasteiger partial charge is 0.472 e. The van der Waals surface area contributed by atoms with E-state index in [1.165, 1.54) is 0 Å². The van der Waals surface area contributed by atoms with Crippen LogP contribution >= 0.6 is 0 Å². The summed E-state index contributed by atoms with van der Waals surface area (Å²) in [6, 6.07) is 16.1. The number of unbranched alkanes of at least 4 members (excludes halogenated alkanes) is 1. The summed E-state index contributed by atoms with van der Waals surface area (Å²) in [5.41, 5.74) is 18.6. The molecule has 1 aliphatic heterocycles. The Morgan fingerprint density at radius 3 is 1.94 bits per heavy atom. The average molecular weight is 679 g/mol. The van der Waals surface area contributed by atoms with Gasteiger partial charge in [-0.05, 0) is 75.0 Å². The van der Waals surface area contributed by atoms with Crippen LogP contribution in [0.4, 0.5) is 0 Å². The van der Waals surface area contributed by atoms with Crippen molar-refractivity contribution >= 4 is 30.6 Å². The number of hydrogen-bond acceptors (Lipinski definition) is 9. The number of amides is 3. The Kier molecular flexibility index (Phi) is 15.9. The lowest BCUT2D eigenvalue weighted by atomic mass is 9.60. The molecule has 12 nitrogen and oxygen atoms in total. The van der Waals surface area contributed by atoms with Gasteiger partial charge in [0.25, 0.3) is 0 Å². The second-order valence-electron chi connectivity index (χ2n) is 13.8. The third-order valence-corrected chi connectivity index (χ3v) is 9.28. The average Bonchev–Trinajstić information content (AvgIpc) is 3.07. The Balaban J connectivity index is 1.76. The van der Waals surface area contributed by atoms with E-state index >= 15 is 0 Å². The maximum absolute atomic E-state index is 14.0. The van der Waals surface area contributed by atoms with Gasteiger partial charge in [0.1, 0.15) is 6.04 Å². The lowest BCUT2D eigenvalue weighted by Crippen LogP contribution is -2.62. The first kappa shape index (κ1) is 39.8. The third kappa shape index (κ3) is 12.7. The molecule has 1 fully saturated rings. The molecular formula is C36H55BN6O6. The van der Waals surface area contributed by atoms with Gasteiger partial charge in [0.2, 0.25) is 17.7 Å².